The molecule has 2 rings (SSSR count). The van der Waals surface area contributed by atoms with Crippen LogP contribution in [0.1, 0.15) is 0 Å². The third kappa shape index (κ3) is 3.91. The van der Waals surface area contributed by atoms with Crippen molar-refractivity contribution in [3.05, 3.63) is 24.3 Å². The summed E-state index contributed by atoms with van der Waals surface area (Å²) in [5, 5.41) is 0. The van der Waals surface area contributed by atoms with E-state index in [1.165, 1.54) is 4.90 Å². The van der Waals surface area contributed by atoms with E-state index >= 15 is 0 Å². The topological polar surface area (TPSA) is 27.7 Å². The second-order valence-corrected chi connectivity index (χ2v) is 6.10. The molecule has 1 saturated heterocycles. The Bertz CT molecular complexity index is 320. The molecule has 0 bridgehead atoms. The molecule has 1 heterocycles. The van der Waals surface area contributed by atoms with Crippen molar-refractivity contribution < 1.29 is 14.2 Å². The predicted molar refractivity (Wildman–Crippen MR) is 70.0 cm³/mol. The fourth-order valence-electron chi connectivity index (χ4n) is 1.73. The average Bonchev–Trinajstić information content (AvgIpc) is 2.41. The van der Waals surface area contributed by atoms with Gasteiger partial charge in [-0.05, 0) is 24.3 Å². The molecule has 3 nitrogen and oxygen atoms in total. The summed E-state index contributed by atoms with van der Waals surface area (Å²) in [6.07, 6.45) is 0. The highest BCUT2D eigenvalue weighted by Gasteiger charge is 2.24. The van der Waals surface area contributed by atoms with Gasteiger partial charge in [0.15, 0.2) is 4.90 Å². The number of rotatable bonds is 5. The van der Waals surface area contributed by atoms with Crippen molar-refractivity contribution in [2.45, 2.75) is 4.90 Å². The minimum Gasteiger partial charge on any atom is -0.491 e. The van der Waals surface area contributed by atoms with Crippen LogP contribution in [0.5, 0.6) is 5.75 Å². The molecule has 1 aromatic rings. The first-order chi connectivity index (χ1) is 8.40. The second kappa shape index (κ2) is 6.89. The van der Waals surface area contributed by atoms with Crippen molar-refractivity contribution in [2.24, 2.45) is 0 Å². The summed E-state index contributed by atoms with van der Waals surface area (Å²) in [7, 11) is 2.05. The zero-order valence-corrected chi connectivity index (χ0v) is 11.0. The normalized spacial score (nSPS) is 17.0. The largest absolute Gasteiger partial charge is 0.491 e. The number of benzene rings is 1. The van der Waals surface area contributed by atoms with Gasteiger partial charge in [0.1, 0.15) is 23.9 Å². The maximum atomic E-state index is 5.54. The first kappa shape index (κ1) is 12.7. The Kier molecular flexibility index (Phi) is 5.16. The van der Waals surface area contributed by atoms with Gasteiger partial charge in [0, 0.05) is 18.0 Å². The Hall–Kier alpha value is -0.710. The summed E-state index contributed by atoms with van der Waals surface area (Å²) in [5.41, 5.74) is 0. The monoisotopic (exact) mass is 255 g/mol. The lowest BCUT2D eigenvalue weighted by Gasteiger charge is -2.14. The van der Waals surface area contributed by atoms with Gasteiger partial charge in [0.05, 0.1) is 19.8 Å². The van der Waals surface area contributed by atoms with Crippen LogP contribution in [0.15, 0.2) is 29.2 Å². The van der Waals surface area contributed by atoms with Gasteiger partial charge in [-0.1, -0.05) is 0 Å². The summed E-state index contributed by atoms with van der Waals surface area (Å²) < 4.78 is 15.9. The van der Waals surface area contributed by atoms with Crippen molar-refractivity contribution in [1.29, 1.82) is 0 Å². The molecule has 0 aliphatic carbocycles. The van der Waals surface area contributed by atoms with Crippen LogP contribution in [0.2, 0.25) is 0 Å². The first-order valence-corrected chi connectivity index (χ1v) is 7.43. The van der Waals surface area contributed by atoms with E-state index in [0.717, 1.165) is 30.5 Å². The molecule has 0 unspecified atom stereocenters. The Morgan fingerprint density at radius 1 is 1.12 bits per heavy atom. The van der Waals surface area contributed by atoms with Crippen LogP contribution in [0, 0.1) is 0 Å². The van der Waals surface area contributed by atoms with Crippen LogP contribution in [0.25, 0.3) is 0 Å². The number of hydrogen-bond acceptors (Lipinski definition) is 3. The number of methoxy groups -OCH3 is 1. The van der Waals surface area contributed by atoms with Crippen molar-refractivity contribution in [3.63, 3.8) is 0 Å². The summed E-state index contributed by atoms with van der Waals surface area (Å²) in [6.45, 7) is 3.03. The lowest BCUT2D eigenvalue weighted by atomic mass is 10.3. The smallest absolute Gasteiger partial charge is 0.155 e. The maximum absolute atomic E-state index is 5.54. The van der Waals surface area contributed by atoms with Gasteiger partial charge >= 0.3 is 0 Å². The molecule has 94 valence electrons. The standard InChI is InChI=1S/C13H19O3S/c1-14-6-7-16-12-2-4-13(5-3-12)17-10-8-15-9-11-17/h2-5H,6-11H2,1H3/q+1. The molecule has 0 radical (unpaired) electrons. The Balaban J connectivity index is 1.88. The minimum atomic E-state index is 0.371. The molecule has 0 atom stereocenters. The number of hydrogen-bond donors (Lipinski definition) is 0. The molecule has 4 heteroatoms. The van der Waals surface area contributed by atoms with Gasteiger partial charge < -0.3 is 14.2 Å². The summed E-state index contributed by atoms with van der Waals surface area (Å²) in [4.78, 5) is 1.42. The fourth-order valence-corrected chi connectivity index (χ4v) is 3.56. The highest BCUT2D eigenvalue weighted by atomic mass is 32.2. The van der Waals surface area contributed by atoms with Gasteiger partial charge in [-0.15, -0.1) is 0 Å². The summed E-state index contributed by atoms with van der Waals surface area (Å²) in [5.74, 6) is 3.23. The van der Waals surface area contributed by atoms with Gasteiger partial charge in [-0.3, -0.25) is 0 Å². The lowest BCUT2D eigenvalue weighted by Crippen LogP contribution is -2.26. The highest BCUT2D eigenvalue weighted by Crippen LogP contribution is 2.20. The Labute approximate surface area is 105 Å². The zero-order valence-electron chi connectivity index (χ0n) is 10.2. The van der Waals surface area contributed by atoms with Crippen LogP contribution < -0.4 is 4.74 Å². The van der Waals surface area contributed by atoms with E-state index in [9.17, 15) is 0 Å². The van der Waals surface area contributed by atoms with E-state index in [1.807, 2.05) is 12.1 Å². The van der Waals surface area contributed by atoms with Crippen LogP contribution >= 0.6 is 0 Å². The summed E-state index contributed by atoms with van der Waals surface area (Å²) >= 11 is 0. The van der Waals surface area contributed by atoms with Crippen LogP contribution in [-0.4, -0.2) is 45.0 Å². The van der Waals surface area contributed by atoms with Gasteiger partial charge in [-0.2, -0.15) is 0 Å². The maximum Gasteiger partial charge on any atom is 0.155 e. The Morgan fingerprint density at radius 2 is 1.82 bits per heavy atom. The second-order valence-electron chi connectivity index (χ2n) is 3.83. The van der Waals surface area contributed by atoms with E-state index < -0.39 is 0 Å². The molecular formula is C13H19O3S+. The van der Waals surface area contributed by atoms with Crippen LogP contribution in [-0.2, 0) is 20.4 Å². The van der Waals surface area contributed by atoms with Crippen molar-refractivity contribution >= 4 is 10.9 Å². The lowest BCUT2D eigenvalue weighted by molar-refractivity contribution is 0.146. The molecule has 0 aromatic heterocycles. The highest BCUT2D eigenvalue weighted by molar-refractivity contribution is 7.97. The SMILES string of the molecule is COCCOc1ccc([S+]2CCOCC2)cc1. The van der Waals surface area contributed by atoms with Gasteiger partial charge in [0.25, 0.3) is 0 Å². The Morgan fingerprint density at radius 3 is 2.47 bits per heavy atom. The first-order valence-electron chi connectivity index (χ1n) is 5.87. The van der Waals surface area contributed by atoms with E-state index in [2.05, 4.69) is 12.1 Å². The van der Waals surface area contributed by atoms with Crippen LogP contribution in [0.3, 0.4) is 0 Å². The molecule has 1 aromatic carbocycles. The van der Waals surface area contributed by atoms with E-state index in [1.54, 1.807) is 7.11 Å². The zero-order chi connectivity index (χ0) is 11.9. The minimum absolute atomic E-state index is 0.371. The summed E-state index contributed by atoms with van der Waals surface area (Å²) in [6, 6.07) is 8.45. The molecule has 17 heavy (non-hydrogen) atoms. The molecule has 0 spiro atoms. The van der Waals surface area contributed by atoms with Crippen molar-refractivity contribution in [3.8, 4) is 5.75 Å². The molecule has 0 saturated carbocycles. The molecule has 0 amide bonds. The van der Waals surface area contributed by atoms with E-state index in [4.69, 9.17) is 14.2 Å². The van der Waals surface area contributed by atoms with E-state index in [-0.39, 0.29) is 0 Å². The third-order valence-corrected chi connectivity index (χ3v) is 4.92. The van der Waals surface area contributed by atoms with Gasteiger partial charge in [0.2, 0.25) is 0 Å². The molecule has 1 aliphatic heterocycles. The van der Waals surface area contributed by atoms with Crippen molar-refractivity contribution in [2.75, 3.05) is 45.0 Å². The quantitative estimate of drug-likeness (QED) is 0.592. The number of ether oxygens (including phenoxy) is 3. The average molecular weight is 255 g/mol. The van der Waals surface area contributed by atoms with Crippen LogP contribution in [0.4, 0.5) is 0 Å². The van der Waals surface area contributed by atoms with Crippen molar-refractivity contribution in [1.82, 2.24) is 0 Å². The predicted octanol–water partition coefficient (Wildman–Crippen LogP) is 1.72. The molecule has 0 N–H and O–H groups in total. The third-order valence-electron chi connectivity index (χ3n) is 2.66. The van der Waals surface area contributed by atoms with E-state index in [0.29, 0.717) is 24.1 Å². The molecule has 1 fully saturated rings. The molecular weight excluding hydrogens is 236 g/mol. The molecule has 1 aliphatic rings. The fraction of sp³-hybridized carbons (Fsp3) is 0.538. The van der Waals surface area contributed by atoms with Gasteiger partial charge in [-0.25, -0.2) is 0 Å².